The van der Waals surface area contributed by atoms with Crippen LogP contribution in [0.25, 0.3) is 0 Å². The van der Waals surface area contributed by atoms with E-state index in [9.17, 15) is 26.2 Å². The Hall–Kier alpha value is -2.48. The lowest BCUT2D eigenvalue weighted by Crippen LogP contribution is -2.40. The molecule has 0 amide bonds. The first-order valence-electron chi connectivity index (χ1n) is 15.5. The largest absolute Gasteiger partial charge is 0.492 e. The normalized spacial score (nSPS) is 18.9. The van der Waals surface area contributed by atoms with E-state index in [2.05, 4.69) is 30.4 Å². The molecule has 0 saturated heterocycles. The van der Waals surface area contributed by atoms with Gasteiger partial charge in [-0.25, -0.2) is 0 Å². The van der Waals surface area contributed by atoms with Crippen LogP contribution in [0.2, 0.25) is 0 Å². The maximum absolute atomic E-state index is 13.0. The van der Waals surface area contributed by atoms with Gasteiger partial charge in [0.1, 0.15) is 17.2 Å². The Morgan fingerprint density at radius 2 is 1.50 bits per heavy atom. The zero-order chi connectivity index (χ0) is 33.6. The highest BCUT2D eigenvalue weighted by Crippen LogP contribution is 2.49. The summed E-state index contributed by atoms with van der Waals surface area (Å²) >= 11 is 0. The second-order valence-electron chi connectivity index (χ2n) is 11.7. The number of unbranched alkanes of at least 4 members (excludes halogenated alkanes) is 2. The predicted molar refractivity (Wildman–Crippen MR) is 168 cm³/mol. The van der Waals surface area contributed by atoms with Gasteiger partial charge < -0.3 is 29.0 Å². The molecule has 260 valence electrons. The molecule has 1 aliphatic rings. The Morgan fingerprint density at radius 1 is 0.870 bits per heavy atom. The Balaban J connectivity index is 1.47. The molecule has 7 nitrogen and oxygen atoms in total. The molecule has 3 rings (SSSR count). The summed E-state index contributed by atoms with van der Waals surface area (Å²) in [6.45, 7) is 4.62. The summed E-state index contributed by atoms with van der Waals surface area (Å²) in [4.78, 5) is 0. The summed E-state index contributed by atoms with van der Waals surface area (Å²) in [7, 11) is 1.75. The van der Waals surface area contributed by atoms with Gasteiger partial charge in [-0.05, 0) is 74.5 Å². The molecule has 3 unspecified atom stereocenters. The molecule has 3 atom stereocenters. The average Bonchev–Trinajstić information content (AvgIpc) is 3.02. The lowest BCUT2D eigenvalue weighted by Gasteiger charge is -2.43. The van der Waals surface area contributed by atoms with Crippen molar-refractivity contribution >= 4 is 10.8 Å². The van der Waals surface area contributed by atoms with E-state index in [1.54, 1.807) is 14.2 Å². The first kappa shape index (κ1) is 38.0. The van der Waals surface area contributed by atoms with Gasteiger partial charge in [0.25, 0.3) is 0 Å². The van der Waals surface area contributed by atoms with Crippen LogP contribution in [0.3, 0.4) is 0 Å². The number of rotatable bonds is 21. The monoisotopic (exact) mass is 679 g/mol. The molecule has 2 aromatic carbocycles. The number of alkyl halides is 5. The van der Waals surface area contributed by atoms with Crippen molar-refractivity contribution in [1.82, 2.24) is 5.32 Å². The van der Waals surface area contributed by atoms with E-state index < -0.39 is 35.7 Å². The van der Waals surface area contributed by atoms with E-state index in [4.69, 9.17) is 23.7 Å². The number of hydrogen-bond acceptors (Lipinski definition) is 7. The Morgan fingerprint density at radius 3 is 2.17 bits per heavy atom. The van der Waals surface area contributed by atoms with E-state index in [0.717, 1.165) is 61.4 Å². The van der Waals surface area contributed by atoms with E-state index in [1.807, 2.05) is 24.3 Å². The molecule has 0 aliphatic carbocycles. The summed E-state index contributed by atoms with van der Waals surface area (Å²) in [6.07, 6.45) is -3.21. The van der Waals surface area contributed by atoms with Gasteiger partial charge >= 0.3 is 12.1 Å². The van der Waals surface area contributed by atoms with Gasteiger partial charge in [-0.3, -0.25) is 4.21 Å². The molecule has 1 heterocycles. The number of fused-ring (bicyclic) bond motifs is 1. The molecule has 2 aromatic rings. The molecular formula is C33H46F5NO6S. The minimum Gasteiger partial charge on any atom is -0.492 e. The van der Waals surface area contributed by atoms with Crippen LogP contribution in [0.15, 0.2) is 42.5 Å². The van der Waals surface area contributed by atoms with Crippen molar-refractivity contribution in [3.63, 3.8) is 0 Å². The number of benzene rings is 2. The third-order valence-electron chi connectivity index (χ3n) is 8.21. The zero-order valence-corrected chi connectivity index (χ0v) is 27.6. The van der Waals surface area contributed by atoms with Gasteiger partial charge in [0.05, 0.1) is 6.61 Å². The van der Waals surface area contributed by atoms with Gasteiger partial charge in [0, 0.05) is 60.3 Å². The molecule has 0 saturated carbocycles. The van der Waals surface area contributed by atoms with Crippen molar-refractivity contribution in [2.24, 2.45) is 0 Å². The third-order valence-corrected chi connectivity index (χ3v) is 9.70. The molecule has 13 heteroatoms. The molecular weight excluding hydrogens is 633 g/mol. The quantitative estimate of drug-likeness (QED) is 0.0840. The van der Waals surface area contributed by atoms with Crippen molar-refractivity contribution < 1.29 is 49.8 Å². The molecule has 0 fully saturated rings. The Kier molecular flexibility index (Phi) is 15.0. The number of ether oxygens (including phenoxy) is 5. The maximum Gasteiger partial charge on any atom is 0.453 e. The number of nitrogens with one attached hydrogen (secondary N) is 1. The smallest absolute Gasteiger partial charge is 0.453 e. The predicted octanol–water partition coefficient (Wildman–Crippen LogP) is 7.35. The van der Waals surface area contributed by atoms with Crippen LogP contribution in [0.5, 0.6) is 17.2 Å². The maximum atomic E-state index is 13.0. The molecule has 0 aromatic heterocycles. The van der Waals surface area contributed by atoms with Crippen LogP contribution in [-0.2, 0) is 25.7 Å². The summed E-state index contributed by atoms with van der Waals surface area (Å²) in [6, 6.07) is 13.9. The van der Waals surface area contributed by atoms with Crippen LogP contribution in [0, 0.1) is 0 Å². The summed E-state index contributed by atoms with van der Waals surface area (Å²) in [5.74, 6) is -2.20. The van der Waals surface area contributed by atoms with Crippen LogP contribution >= 0.6 is 0 Å². The van der Waals surface area contributed by atoms with Gasteiger partial charge in [-0.2, -0.15) is 22.0 Å². The van der Waals surface area contributed by atoms with Gasteiger partial charge in [0.15, 0.2) is 13.6 Å². The zero-order valence-electron chi connectivity index (χ0n) is 26.8. The standard InChI is InChI=1S/C33H46F5NO6S/c1-31(25-10-12-26(13-11-25)44-23-41-2)22-43-30-21-27(45-24-42-3)14-15-28(30)29(31)9-7-18-39-17-5-4-6-19-46(40)20-8-16-32(34,35)33(36,37)38/h10-15,21,29,39H,4-9,16-20,22-24H2,1-3H3. The van der Waals surface area contributed by atoms with Gasteiger partial charge in [0.2, 0.25) is 0 Å². The fraction of sp³-hybridized carbons (Fsp3) is 0.636. The molecule has 1 aliphatic heterocycles. The number of halogens is 5. The third kappa shape index (κ3) is 11.1. The summed E-state index contributed by atoms with van der Waals surface area (Å²) < 4.78 is 102. The fourth-order valence-electron chi connectivity index (χ4n) is 5.58. The van der Waals surface area contributed by atoms with Gasteiger partial charge in [-0.15, -0.1) is 0 Å². The number of methoxy groups -OCH3 is 2. The minimum absolute atomic E-state index is 0.147. The van der Waals surface area contributed by atoms with Crippen molar-refractivity contribution in [2.75, 3.05) is 59.0 Å². The van der Waals surface area contributed by atoms with Crippen LogP contribution in [0.1, 0.15) is 68.9 Å². The molecule has 1 N–H and O–H groups in total. The minimum atomic E-state index is -5.56. The molecule has 0 bridgehead atoms. The van der Waals surface area contributed by atoms with Crippen molar-refractivity contribution in [3.8, 4) is 17.2 Å². The average molecular weight is 680 g/mol. The molecule has 0 spiro atoms. The first-order chi connectivity index (χ1) is 21.9. The second-order valence-corrected chi connectivity index (χ2v) is 13.4. The van der Waals surface area contributed by atoms with Crippen molar-refractivity contribution in [2.45, 2.75) is 75.3 Å². The lowest BCUT2D eigenvalue weighted by molar-refractivity contribution is -0.284. The second kappa shape index (κ2) is 18.2. The van der Waals surface area contributed by atoms with Gasteiger partial charge in [-0.1, -0.05) is 31.5 Å². The Labute approximate surface area is 270 Å². The molecule has 0 radical (unpaired) electrons. The SMILES string of the molecule is COCOc1ccc(C2(C)COc3cc(OCOC)ccc3C2CCCNCCCCCS(=O)CCCC(F)(F)C(F)(F)F)cc1. The first-order valence-corrected chi connectivity index (χ1v) is 17.0. The number of hydrogen-bond donors (Lipinski definition) is 1. The van der Waals surface area contributed by atoms with E-state index in [0.29, 0.717) is 24.5 Å². The lowest BCUT2D eigenvalue weighted by atomic mass is 9.66. The van der Waals surface area contributed by atoms with E-state index in [1.165, 1.54) is 0 Å². The van der Waals surface area contributed by atoms with Crippen LogP contribution < -0.4 is 19.5 Å². The van der Waals surface area contributed by atoms with Crippen molar-refractivity contribution in [1.29, 1.82) is 0 Å². The summed E-state index contributed by atoms with van der Waals surface area (Å²) in [5, 5.41) is 3.47. The van der Waals surface area contributed by atoms with Crippen LogP contribution in [-0.4, -0.2) is 75.3 Å². The van der Waals surface area contributed by atoms with E-state index >= 15 is 0 Å². The van der Waals surface area contributed by atoms with Crippen LogP contribution in [0.4, 0.5) is 22.0 Å². The Bertz CT molecular complexity index is 1220. The fourth-order valence-corrected chi connectivity index (χ4v) is 6.77. The topological polar surface area (TPSA) is 75.2 Å². The highest BCUT2D eigenvalue weighted by atomic mass is 32.2. The summed E-state index contributed by atoms with van der Waals surface area (Å²) in [5.41, 5.74) is 1.97. The van der Waals surface area contributed by atoms with E-state index in [-0.39, 0.29) is 30.7 Å². The highest BCUT2D eigenvalue weighted by Gasteiger charge is 2.56. The highest BCUT2D eigenvalue weighted by molar-refractivity contribution is 7.84. The molecule has 46 heavy (non-hydrogen) atoms. The van der Waals surface area contributed by atoms with Crippen molar-refractivity contribution in [3.05, 3.63) is 53.6 Å².